The van der Waals surface area contributed by atoms with Crippen molar-refractivity contribution in [3.63, 3.8) is 0 Å². The zero-order valence-corrected chi connectivity index (χ0v) is 13.9. The molecule has 27 heavy (non-hydrogen) atoms. The van der Waals surface area contributed by atoms with E-state index in [4.69, 9.17) is 9.47 Å². The van der Waals surface area contributed by atoms with Gasteiger partial charge in [-0.3, -0.25) is 10.1 Å². The Bertz CT molecular complexity index is 994. The maximum absolute atomic E-state index is 11.5. The molecule has 1 aliphatic heterocycles. The van der Waals surface area contributed by atoms with Gasteiger partial charge in [0.1, 0.15) is 0 Å². The van der Waals surface area contributed by atoms with Gasteiger partial charge in [-0.1, -0.05) is 60.7 Å². The third-order valence-electron chi connectivity index (χ3n) is 4.29. The maximum atomic E-state index is 11.5. The molecule has 0 aliphatic carbocycles. The molecule has 0 bridgehead atoms. The summed E-state index contributed by atoms with van der Waals surface area (Å²) in [5.41, 5.74) is 0.539. The number of carboxylic acid groups (broad SMARTS) is 1. The Kier molecular flexibility index (Phi) is 3.77. The predicted octanol–water partition coefficient (Wildman–Crippen LogP) is 3.97. The SMILES string of the molecule is O=C(O)c1cc2c(c([N+](=O)[O-])c1)OC(c1ccccc1)(c1ccccc1)O2. The molecule has 134 valence electrons. The Labute approximate surface area is 153 Å². The van der Waals surface area contributed by atoms with Crippen LogP contribution in [0.1, 0.15) is 21.5 Å². The minimum atomic E-state index is -1.45. The van der Waals surface area contributed by atoms with Crippen LogP contribution >= 0.6 is 0 Å². The number of carboxylic acids is 1. The van der Waals surface area contributed by atoms with Gasteiger partial charge < -0.3 is 14.6 Å². The van der Waals surface area contributed by atoms with E-state index in [9.17, 15) is 20.0 Å². The summed E-state index contributed by atoms with van der Waals surface area (Å²) in [4.78, 5) is 22.2. The molecule has 3 aromatic carbocycles. The third-order valence-corrected chi connectivity index (χ3v) is 4.29. The monoisotopic (exact) mass is 363 g/mol. The number of nitro benzene ring substituents is 1. The molecule has 3 aromatic rings. The van der Waals surface area contributed by atoms with Crippen molar-refractivity contribution in [2.45, 2.75) is 5.79 Å². The lowest BCUT2D eigenvalue weighted by Gasteiger charge is -2.28. The number of nitro groups is 1. The summed E-state index contributed by atoms with van der Waals surface area (Å²) in [6.45, 7) is 0. The Morgan fingerprint density at radius 3 is 1.96 bits per heavy atom. The molecule has 0 spiro atoms. The molecule has 7 nitrogen and oxygen atoms in total. The van der Waals surface area contributed by atoms with Gasteiger partial charge in [-0.15, -0.1) is 0 Å². The number of ether oxygens (including phenoxy) is 2. The summed E-state index contributed by atoms with van der Waals surface area (Å²) in [7, 11) is 0. The molecule has 1 N–H and O–H groups in total. The van der Waals surface area contributed by atoms with Crippen LogP contribution in [-0.4, -0.2) is 16.0 Å². The lowest BCUT2D eigenvalue weighted by molar-refractivity contribution is -0.386. The fraction of sp³-hybridized carbons (Fsp3) is 0.0500. The molecule has 1 heterocycles. The van der Waals surface area contributed by atoms with E-state index in [0.29, 0.717) is 11.1 Å². The molecular formula is C20H13NO6. The van der Waals surface area contributed by atoms with Gasteiger partial charge in [-0.25, -0.2) is 4.79 Å². The Morgan fingerprint density at radius 1 is 0.926 bits per heavy atom. The minimum Gasteiger partial charge on any atom is -0.478 e. The number of nitrogens with zero attached hydrogens (tertiary/aromatic N) is 1. The third kappa shape index (κ3) is 2.65. The van der Waals surface area contributed by atoms with Crippen LogP contribution in [-0.2, 0) is 5.79 Å². The normalized spacial score (nSPS) is 13.9. The van der Waals surface area contributed by atoms with Crippen molar-refractivity contribution < 1.29 is 24.3 Å². The van der Waals surface area contributed by atoms with Gasteiger partial charge in [-0.05, 0) is 6.07 Å². The van der Waals surface area contributed by atoms with Crippen molar-refractivity contribution >= 4 is 11.7 Å². The molecule has 4 rings (SSSR count). The molecule has 0 atom stereocenters. The number of hydrogen-bond donors (Lipinski definition) is 1. The topological polar surface area (TPSA) is 98.9 Å². The van der Waals surface area contributed by atoms with E-state index < -0.39 is 22.4 Å². The summed E-state index contributed by atoms with van der Waals surface area (Å²) in [5, 5.41) is 20.8. The average Bonchev–Trinajstić information content (AvgIpc) is 3.09. The number of hydrogen-bond acceptors (Lipinski definition) is 5. The molecular weight excluding hydrogens is 350 g/mol. The molecule has 0 amide bonds. The maximum Gasteiger partial charge on any atom is 0.336 e. The Balaban J connectivity index is 1.95. The first-order chi connectivity index (χ1) is 13.0. The fourth-order valence-electron chi connectivity index (χ4n) is 3.06. The van der Waals surface area contributed by atoms with Crippen molar-refractivity contribution in [1.29, 1.82) is 0 Å². The highest BCUT2D eigenvalue weighted by molar-refractivity contribution is 5.90. The highest BCUT2D eigenvalue weighted by Gasteiger charge is 2.48. The van der Waals surface area contributed by atoms with E-state index in [0.717, 1.165) is 6.07 Å². The van der Waals surface area contributed by atoms with Crippen molar-refractivity contribution in [2.75, 3.05) is 0 Å². The van der Waals surface area contributed by atoms with Crippen LogP contribution in [0.3, 0.4) is 0 Å². The second kappa shape index (κ2) is 6.14. The van der Waals surface area contributed by atoms with Crippen LogP contribution in [0, 0.1) is 10.1 Å². The molecule has 0 saturated carbocycles. The molecule has 7 heteroatoms. The molecule has 1 aliphatic rings. The first-order valence-corrected chi connectivity index (χ1v) is 8.06. The van der Waals surface area contributed by atoms with E-state index >= 15 is 0 Å². The van der Waals surface area contributed by atoms with Gasteiger partial charge >= 0.3 is 17.4 Å². The lowest BCUT2D eigenvalue weighted by Crippen LogP contribution is -2.36. The second-order valence-corrected chi connectivity index (χ2v) is 5.94. The number of benzene rings is 3. The summed E-state index contributed by atoms with van der Waals surface area (Å²) < 4.78 is 12.1. The van der Waals surface area contributed by atoms with Crippen LogP contribution in [0.25, 0.3) is 0 Å². The number of carbonyl (C=O) groups is 1. The number of rotatable bonds is 4. The van der Waals surface area contributed by atoms with E-state index in [1.807, 2.05) is 12.1 Å². The Hall–Kier alpha value is -3.87. The summed E-state index contributed by atoms with van der Waals surface area (Å²) in [6, 6.07) is 20.2. The average molecular weight is 363 g/mol. The molecule has 0 saturated heterocycles. The van der Waals surface area contributed by atoms with E-state index in [-0.39, 0.29) is 17.1 Å². The lowest BCUT2D eigenvalue weighted by atomic mass is 9.97. The van der Waals surface area contributed by atoms with Crippen molar-refractivity contribution in [2.24, 2.45) is 0 Å². The Morgan fingerprint density at radius 2 is 1.48 bits per heavy atom. The van der Waals surface area contributed by atoms with Crippen LogP contribution in [0.5, 0.6) is 11.5 Å². The van der Waals surface area contributed by atoms with Crippen LogP contribution in [0.15, 0.2) is 72.8 Å². The van der Waals surface area contributed by atoms with E-state index in [1.165, 1.54) is 6.07 Å². The zero-order valence-electron chi connectivity index (χ0n) is 13.9. The van der Waals surface area contributed by atoms with Crippen LogP contribution in [0.2, 0.25) is 0 Å². The quantitative estimate of drug-likeness (QED) is 0.556. The zero-order chi connectivity index (χ0) is 19.0. The first-order valence-electron chi connectivity index (χ1n) is 8.06. The summed E-state index contributed by atoms with van der Waals surface area (Å²) >= 11 is 0. The van der Waals surface area contributed by atoms with Gasteiger partial charge in [0.25, 0.3) is 0 Å². The number of fused-ring (bicyclic) bond motifs is 1. The molecule has 0 unspecified atom stereocenters. The van der Waals surface area contributed by atoms with Gasteiger partial charge in [0.15, 0.2) is 5.75 Å². The number of aromatic carboxylic acids is 1. The van der Waals surface area contributed by atoms with E-state index in [2.05, 4.69) is 0 Å². The molecule has 0 aromatic heterocycles. The van der Waals surface area contributed by atoms with Gasteiger partial charge in [0.05, 0.1) is 10.5 Å². The highest BCUT2D eigenvalue weighted by atomic mass is 16.7. The van der Waals surface area contributed by atoms with Crippen molar-refractivity contribution in [3.05, 3.63) is 99.6 Å². The van der Waals surface area contributed by atoms with Crippen molar-refractivity contribution in [3.8, 4) is 11.5 Å². The predicted molar refractivity (Wildman–Crippen MR) is 95.0 cm³/mol. The smallest absolute Gasteiger partial charge is 0.336 e. The minimum absolute atomic E-state index is 0.00862. The largest absolute Gasteiger partial charge is 0.478 e. The van der Waals surface area contributed by atoms with Crippen molar-refractivity contribution in [1.82, 2.24) is 0 Å². The van der Waals surface area contributed by atoms with Gasteiger partial charge in [0.2, 0.25) is 5.75 Å². The second-order valence-electron chi connectivity index (χ2n) is 5.94. The summed E-state index contributed by atoms with van der Waals surface area (Å²) in [6.07, 6.45) is 0. The fourth-order valence-corrected chi connectivity index (χ4v) is 3.06. The first kappa shape index (κ1) is 16.6. The van der Waals surface area contributed by atoms with Gasteiger partial charge in [0, 0.05) is 17.2 Å². The molecule has 0 radical (unpaired) electrons. The van der Waals surface area contributed by atoms with Crippen LogP contribution in [0.4, 0.5) is 5.69 Å². The summed E-state index contributed by atoms with van der Waals surface area (Å²) in [5.74, 6) is -2.83. The van der Waals surface area contributed by atoms with E-state index in [1.54, 1.807) is 48.5 Å². The standard InChI is InChI=1S/C20H13NO6/c22-19(23)13-11-16(21(24)25)18-17(12-13)26-20(27-18,14-7-3-1-4-8-14)15-9-5-2-6-10-15/h1-12H,(H,22,23). The molecule has 0 fully saturated rings. The highest BCUT2D eigenvalue weighted by Crippen LogP contribution is 2.52. The van der Waals surface area contributed by atoms with Gasteiger partial charge in [-0.2, -0.15) is 0 Å². The van der Waals surface area contributed by atoms with Crippen LogP contribution < -0.4 is 9.47 Å².